The molecule has 4 nitrogen and oxygen atoms in total. The van der Waals surface area contributed by atoms with Gasteiger partial charge in [-0.2, -0.15) is 0 Å². The number of allylic oxidation sites excluding steroid dienone is 1. The normalized spacial score (nSPS) is 40.6. The summed E-state index contributed by atoms with van der Waals surface area (Å²) < 4.78 is 5.59. The van der Waals surface area contributed by atoms with Crippen LogP contribution in [0.5, 0.6) is 0 Å². The Kier molecular flexibility index (Phi) is 3.55. The second kappa shape index (κ2) is 5.08. The number of fused-ring (bicyclic) bond motifs is 1. The van der Waals surface area contributed by atoms with E-state index in [0.29, 0.717) is 18.1 Å². The van der Waals surface area contributed by atoms with Gasteiger partial charge in [0.2, 0.25) is 5.91 Å². The molecular formula is C15H20ClNO3. The highest BCUT2D eigenvalue weighted by Crippen LogP contribution is 2.50. The van der Waals surface area contributed by atoms with Crippen molar-refractivity contribution in [1.29, 1.82) is 0 Å². The first-order chi connectivity index (χ1) is 9.61. The standard InChI is InChI=1S/C15H20ClNO3/c1-9-15(12(18)10-5-3-2-4-6-10)13(20-9)11(7-8-16)14(19)17-15/h3,5,10-13,18H,1-2,4,6-8H2,(H,17,19). The Morgan fingerprint density at radius 3 is 3.05 bits per heavy atom. The molecule has 0 bridgehead atoms. The molecule has 2 N–H and O–H groups in total. The number of rotatable bonds is 4. The van der Waals surface area contributed by atoms with Crippen LogP contribution in [0, 0.1) is 11.8 Å². The molecule has 1 amide bonds. The predicted octanol–water partition coefficient (Wildman–Crippen LogP) is 1.73. The summed E-state index contributed by atoms with van der Waals surface area (Å²) in [5, 5.41) is 13.7. The fraction of sp³-hybridized carbons (Fsp3) is 0.667. The molecule has 2 fully saturated rings. The van der Waals surface area contributed by atoms with Gasteiger partial charge in [-0.1, -0.05) is 18.7 Å². The van der Waals surface area contributed by atoms with Crippen molar-refractivity contribution in [2.75, 3.05) is 5.88 Å². The van der Waals surface area contributed by atoms with E-state index in [1.165, 1.54) is 0 Å². The van der Waals surface area contributed by atoms with Crippen LogP contribution in [0.3, 0.4) is 0 Å². The van der Waals surface area contributed by atoms with Crippen molar-refractivity contribution < 1.29 is 14.6 Å². The Labute approximate surface area is 123 Å². The minimum atomic E-state index is -0.819. The molecule has 5 unspecified atom stereocenters. The maximum absolute atomic E-state index is 12.1. The molecule has 0 aromatic carbocycles. The molecule has 20 heavy (non-hydrogen) atoms. The lowest BCUT2D eigenvalue weighted by Gasteiger charge is -2.51. The molecule has 110 valence electrons. The smallest absolute Gasteiger partial charge is 0.227 e. The molecule has 5 heteroatoms. The van der Waals surface area contributed by atoms with Crippen molar-refractivity contribution in [3.05, 3.63) is 24.5 Å². The van der Waals surface area contributed by atoms with Crippen molar-refractivity contribution >= 4 is 17.5 Å². The molecular weight excluding hydrogens is 278 g/mol. The number of hydrogen-bond donors (Lipinski definition) is 2. The van der Waals surface area contributed by atoms with Gasteiger partial charge in [0, 0.05) is 11.8 Å². The molecule has 0 aromatic rings. The lowest BCUT2D eigenvalue weighted by atomic mass is 9.71. The summed E-state index contributed by atoms with van der Waals surface area (Å²) in [5.41, 5.74) is -0.819. The van der Waals surface area contributed by atoms with E-state index >= 15 is 0 Å². The van der Waals surface area contributed by atoms with E-state index in [1.54, 1.807) is 0 Å². The van der Waals surface area contributed by atoms with E-state index in [9.17, 15) is 9.90 Å². The van der Waals surface area contributed by atoms with Gasteiger partial charge in [0.15, 0.2) is 5.54 Å². The fourth-order valence-electron chi connectivity index (χ4n) is 3.67. The zero-order valence-corrected chi connectivity index (χ0v) is 12.1. The Morgan fingerprint density at radius 1 is 1.65 bits per heavy atom. The van der Waals surface area contributed by atoms with E-state index in [-0.39, 0.29) is 23.8 Å². The molecule has 1 aliphatic carbocycles. The highest BCUT2D eigenvalue weighted by atomic mass is 35.5. The first-order valence-electron chi connectivity index (χ1n) is 7.20. The lowest BCUT2D eigenvalue weighted by Crippen LogP contribution is -2.68. The molecule has 2 aliphatic heterocycles. The number of amides is 1. The molecule has 2 heterocycles. The number of alkyl halides is 1. The summed E-state index contributed by atoms with van der Waals surface area (Å²) in [6, 6.07) is 0. The maximum Gasteiger partial charge on any atom is 0.227 e. The van der Waals surface area contributed by atoms with Gasteiger partial charge in [0.25, 0.3) is 0 Å². The summed E-state index contributed by atoms with van der Waals surface area (Å²) in [7, 11) is 0. The van der Waals surface area contributed by atoms with Gasteiger partial charge >= 0.3 is 0 Å². The van der Waals surface area contributed by atoms with Gasteiger partial charge in [0.05, 0.1) is 12.0 Å². The molecule has 3 aliphatic rings. The van der Waals surface area contributed by atoms with Gasteiger partial charge in [-0.05, 0) is 25.7 Å². The number of carbonyl (C=O) groups excluding carboxylic acids is 1. The molecule has 3 rings (SSSR count). The van der Waals surface area contributed by atoms with Crippen LogP contribution in [0.25, 0.3) is 0 Å². The zero-order chi connectivity index (χ0) is 14.3. The summed E-state index contributed by atoms with van der Waals surface area (Å²) >= 11 is 5.76. The van der Waals surface area contributed by atoms with Crippen LogP contribution in [0.4, 0.5) is 0 Å². The van der Waals surface area contributed by atoms with Crippen LogP contribution in [0.2, 0.25) is 0 Å². The largest absolute Gasteiger partial charge is 0.489 e. The number of nitrogens with one attached hydrogen (secondary N) is 1. The summed E-state index contributed by atoms with van der Waals surface area (Å²) in [6.07, 6.45) is 6.71. The fourth-order valence-corrected chi connectivity index (χ4v) is 3.90. The average molecular weight is 298 g/mol. The number of hydrogen-bond acceptors (Lipinski definition) is 3. The van der Waals surface area contributed by atoms with Gasteiger partial charge in [0.1, 0.15) is 11.9 Å². The summed E-state index contributed by atoms with van der Waals surface area (Å²) in [6.45, 7) is 3.87. The Morgan fingerprint density at radius 2 is 2.45 bits per heavy atom. The van der Waals surface area contributed by atoms with Crippen LogP contribution >= 0.6 is 11.6 Å². The first kappa shape index (κ1) is 14.0. The third-order valence-electron chi connectivity index (χ3n) is 4.80. The number of ether oxygens (including phenoxy) is 1. The van der Waals surface area contributed by atoms with Gasteiger partial charge in [-0.25, -0.2) is 0 Å². The Hall–Kier alpha value is -1.00. The molecule has 0 saturated carbocycles. The van der Waals surface area contributed by atoms with Gasteiger partial charge in [-0.15, -0.1) is 11.6 Å². The van der Waals surface area contributed by atoms with E-state index in [0.717, 1.165) is 19.3 Å². The zero-order valence-electron chi connectivity index (χ0n) is 11.3. The van der Waals surface area contributed by atoms with Gasteiger partial charge in [-0.3, -0.25) is 4.79 Å². The predicted molar refractivity (Wildman–Crippen MR) is 76.2 cm³/mol. The minimum absolute atomic E-state index is 0.0435. The highest BCUT2D eigenvalue weighted by Gasteiger charge is 2.68. The third-order valence-corrected chi connectivity index (χ3v) is 5.01. The quantitative estimate of drug-likeness (QED) is 0.614. The second-order valence-corrected chi connectivity index (χ2v) is 6.25. The molecule has 2 saturated heterocycles. The second-order valence-electron chi connectivity index (χ2n) is 5.87. The maximum atomic E-state index is 12.1. The monoisotopic (exact) mass is 297 g/mol. The van der Waals surface area contributed by atoms with Crippen LogP contribution in [0.15, 0.2) is 24.5 Å². The molecule has 0 spiro atoms. The van der Waals surface area contributed by atoms with E-state index in [4.69, 9.17) is 16.3 Å². The lowest BCUT2D eigenvalue weighted by molar-refractivity contribution is -0.135. The number of halogens is 1. The first-order valence-corrected chi connectivity index (χ1v) is 7.73. The van der Waals surface area contributed by atoms with E-state index in [1.807, 2.05) is 6.08 Å². The van der Waals surface area contributed by atoms with Crippen LogP contribution in [-0.4, -0.2) is 34.6 Å². The SMILES string of the molecule is C=C1OC2C(CCCl)C(=O)NC12C(O)C1C=CCCC1. The topological polar surface area (TPSA) is 58.6 Å². The Balaban J connectivity index is 1.86. The summed E-state index contributed by atoms with van der Waals surface area (Å²) in [5.74, 6) is 0.537. The number of aliphatic hydroxyl groups excluding tert-OH is 1. The minimum Gasteiger partial charge on any atom is -0.489 e. The van der Waals surface area contributed by atoms with Crippen molar-refractivity contribution in [3.63, 3.8) is 0 Å². The van der Waals surface area contributed by atoms with Crippen molar-refractivity contribution in [2.24, 2.45) is 11.8 Å². The van der Waals surface area contributed by atoms with E-state index < -0.39 is 11.6 Å². The molecule has 0 aromatic heterocycles. The van der Waals surface area contributed by atoms with Crippen molar-refractivity contribution in [3.8, 4) is 0 Å². The van der Waals surface area contributed by atoms with Crippen LogP contribution in [-0.2, 0) is 9.53 Å². The van der Waals surface area contributed by atoms with Crippen LogP contribution in [0.1, 0.15) is 25.7 Å². The third kappa shape index (κ3) is 1.81. The van der Waals surface area contributed by atoms with Crippen molar-refractivity contribution in [2.45, 2.75) is 43.4 Å². The Bertz CT molecular complexity index is 464. The highest BCUT2D eigenvalue weighted by molar-refractivity contribution is 6.18. The van der Waals surface area contributed by atoms with Crippen molar-refractivity contribution in [1.82, 2.24) is 5.32 Å². The number of aliphatic hydroxyl groups is 1. The molecule has 0 radical (unpaired) electrons. The number of carbonyl (C=O) groups is 1. The summed E-state index contributed by atoms with van der Waals surface area (Å²) in [4.78, 5) is 12.1. The molecule has 5 atom stereocenters. The average Bonchev–Trinajstić information content (AvgIpc) is 2.69. The van der Waals surface area contributed by atoms with Crippen LogP contribution < -0.4 is 5.32 Å². The van der Waals surface area contributed by atoms with E-state index in [2.05, 4.69) is 18.0 Å². The van der Waals surface area contributed by atoms with Gasteiger partial charge < -0.3 is 15.2 Å².